The first kappa shape index (κ1) is 80.2. The first-order valence-electron chi connectivity index (χ1n) is 42.4. The minimum atomic E-state index is -0.00149. The van der Waals surface area contributed by atoms with Crippen LogP contribution in [0, 0.1) is 0 Å². The lowest BCUT2D eigenvalue weighted by molar-refractivity contribution is 0.660. The molecular weight excluding hydrogens is 1490 g/mol. The Hall–Kier alpha value is -15.2. The number of para-hydroxylation sites is 7. The summed E-state index contributed by atoms with van der Waals surface area (Å²) in [6, 6.07) is 165. The zero-order valence-electron chi connectivity index (χ0n) is 71.1. The Morgan fingerprint density at radius 3 is 0.846 bits per heavy atom. The van der Waals surface area contributed by atoms with E-state index in [1.165, 1.54) is 89.2 Å². The summed E-state index contributed by atoms with van der Waals surface area (Å²) in [5.41, 5.74) is 33.3. The van der Waals surface area contributed by atoms with E-state index < -0.39 is 0 Å². The standard InChI is InChI=1S/C34H30N2.C31H26N2.C26H23N.C25H22N2/c1-34(2)32-17-11-10-16-30(32)31-23-22-29(24-33(31)34)35(3)25-18-20-28(21-19-25)36(26-12-6-4-7-13-26)27-14-8-5-9-15-27;1-32(27-19-17-26(18-20-27)25-11-5-2-6-12-25)28-21-23-31(24-22-28)33(29-13-7-3-8-14-29)30-15-9-4-10-16-30;1-26(2)22-12-7-6-11-21(22)25-23(26)13-8-14-24(25)27(3)20-16-15-18-9-4-5-10-19(18)17-20;1-26(21-11-5-2-6-12-21)22-17-19-25(20-18-22)27(23-13-7-3-8-14-23)24-15-9-4-10-16-24/h4-24H,1-3H3;2-24H,1H3;4-17H,1-3H3;2-20H,1H3. The molecule has 0 bridgehead atoms. The summed E-state index contributed by atoms with van der Waals surface area (Å²) in [5.74, 6) is 0. The molecule has 0 aromatic heterocycles. The van der Waals surface area contributed by atoms with Crippen molar-refractivity contribution in [3.63, 3.8) is 0 Å². The quantitative estimate of drug-likeness (QED) is 0.0843. The van der Waals surface area contributed by atoms with Gasteiger partial charge in [0.1, 0.15) is 0 Å². The van der Waals surface area contributed by atoms with Crippen molar-refractivity contribution < 1.29 is 0 Å². The molecule has 18 aromatic carbocycles. The van der Waals surface area contributed by atoms with Crippen LogP contribution in [0.25, 0.3) is 44.2 Å². The molecule has 20 rings (SSSR count). The van der Waals surface area contributed by atoms with E-state index in [2.05, 4.69) is 521 Å². The average molecular weight is 1590 g/mol. The van der Waals surface area contributed by atoms with Gasteiger partial charge in [-0.3, -0.25) is 0 Å². The largest absolute Gasteiger partial charge is 0.345 e. The summed E-state index contributed by atoms with van der Waals surface area (Å²) >= 11 is 0. The first-order chi connectivity index (χ1) is 60.2. The third-order valence-electron chi connectivity index (χ3n) is 24.1. The number of fused-ring (bicyclic) bond motifs is 7. The van der Waals surface area contributed by atoms with Gasteiger partial charge in [0.15, 0.2) is 0 Å². The summed E-state index contributed by atoms with van der Waals surface area (Å²) < 4.78 is 0. The fraction of sp³-hybridized carbons (Fsp3) is 0.0862. The fourth-order valence-corrected chi connectivity index (χ4v) is 17.3. The van der Waals surface area contributed by atoms with Gasteiger partial charge >= 0.3 is 0 Å². The molecule has 0 N–H and O–H groups in total. The predicted octanol–water partition coefficient (Wildman–Crippen LogP) is 31.7. The lowest BCUT2D eigenvalue weighted by atomic mass is 9.82. The van der Waals surface area contributed by atoms with E-state index in [4.69, 9.17) is 0 Å². The van der Waals surface area contributed by atoms with E-state index in [1.54, 1.807) is 0 Å². The van der Waals surface area contributed by atoms with Crippen molar-refractivity contribution in [2.24, 2.45) is 0 Å². The van der Waals surface area contributed by atoms with Crippen LogP contribution < -0.4 is 34.3 Å². The predicted molar refractivity (Wildman–Crippen MR) is 526 cm³/mol. The summed E-state index contributed by atoms with van der Waals surface area (Å²) in [5, 5.41) is 2.55. The van der Waals surface area contributed by atoms with E-state index >= 15 is 0 Å². The fourth-order valence-electron chi connectivity index (χ4n) is 17.3. The maximum atomic E-state index is 2.36. The first-order valence-corrected chi connectivity index (χ1v) is 42.4. The molecule has 18 aromatic rings. The summed E-state index contributed by atoms with van der Waals surface area (Å²) in [4.78, 5) is 15.8. The van der Waals surface area contributed by atoms with Gasteiger partial charge in [-0.2, -0.15) is 0 Å². The van der Waals surface area contributed by atoms with Crippen LogP contribution in [0.4, 0.5) is 96.7 Å². The van der Waals surface area contributed by atoms with Crippen molar-refractivity contribution in [3.05, 3.63) is 489 Å². The number of hydrogen-bond donors (Lipinski definition) is 0. The van der Waals surface area contributed by atoms with Gasteiger partial charge in [0.05, 0.1) is 0 Å². The second-order valence-electron chi connectivity index (χ2n) is 32.4. The number of benzene rings is 18. The van der Waals surface area contributed by atoms with Crippen LogP contribution in [0.2, 0.25) is 0 Å². The van der Waals surface area contributed by atoms with Gasteiger partial charge in [-0.25, -0.2) is 0 Å². The molecular formula is C116H101N7. The van der Waals surface area contributed by atoms with Crippen molar-refractivity contribution in [2.45, 2.75) is 38.5 Å². The van der Waals surface area contributed by atoms with Crippen LogP contribution in [0.1, 0.15) is 49.9 Å². The van der Waals surface area contributed by atoms with Gasteiger partial charge < -0.3 is 34.3 Å². The minimum Gasteiger partial charge on any atom is -0.345 e. The molecule has 2 aliphatic carbocycles. The lowest BCUT2D eigenvalue weighted by Gasteiger charge is -2.27. The number of anilines is 17. The highest BCUT2D eigenvalue weighted by atomic mass is 15.2. The van der Waals surface area contributed by atoms with Crippen LogP contribution in [-0.4, -0.2) is 28.2 Å². The molecule has 0 fully saturated rings. The molecule has 0 spiro atoms. The summed E-state index contributed by atoms with van der Waals surface area (Å²) in [6.07, 6.45) is 0. The molecule has 0 unspecified atom stereocenters. The van der Waals surface area contributed by atoms with E-state index in [1.807, 2.05) is 36.4 Å². The zero-order valence-corrected chi connectivity index (χ0v) is 71.1. The third-order valence-corrected chi connectivity index (χ3v) is 24.1. The Morgan fingerprint density at radius 1 is 0.163 bits per heavy atom. The van der Waals surface area contributed by atoms with E-state index in [0.29, 0.717) is 0 Å². The molecule has 7 nitrogen and oxygen atoms in total. The highest BCUT2D eigenvalue weighted by Crippen LogP contribution is 2.54. The molecule has 0 amide bonds. The molecule has 7 heteroatoms. The van der Waals surface area contributed by atoms with E-state index in [9.17, 15) is 0 Å². The maximum Gasteiger partial charge on any atom is 0.0491 e. The van der Waals surface area contributed by atoms with Crippen LogP contribution in [0.5, 0.6) is 0 Å². The highest BCUT2D eigenvalue weighted by molar-refractivity contribution is 5.94. The van der Waals surface area contributed by atoms with Crippen molar-refractivity contribution in [1.29, 1.82) is 0 Å². The molecule has 0 heterocycles. The third kappa shape index (κ3) is 17.1. The van der Waals surface area contributed by atoms with Crippen molar-refractivity contribution in [3.8, 4) is 33.4 Å². The second kappa shape index (κ2) is 36.2. The van der Waals surface area contributed by atoms with Crippen LogP contribution >= 0.6 is 0 Å². The van der Waals surface area contributed by atoms with Gasteiger partial charge in [-0.15, -0.1) is 0 Å². The van der Waals surface area contributed by atoms with Gasteiger partial charge in [-0.05, 0) is 261 Å². The monoisotopic (exact) mass is 1590 g/mol. The smallest absolute Gasteiger partial charge is 0.0491 e. The van der Waals surface area contributed by atoms with Crippen LogP contribution in [0.15, 0.2) is 467 Å². The number of hydrogen-bond acceptors (Lipinski definition) is 7. The Morgan fingerprint density at radius 2 is 0.423 bits per heavy atom. The van der Waals surface area contributed by atoms with Crippen LogP contribution in [0.3, 0.4) is 0 Å². The molecule has 2 aliphatic rings. The SMILES string of the molecule is CN(c1ccc(-c2ccccc2)cc1)c1ccc(N(c2ccccc2)c2ccccc2)cc1.CN(c1ccc(N(c2ccccc2)c2ccccc2)cc1)c1ccc2c(c1)C(C)(C)c1ccccc1-2.CN(c1ccc2ccccc2c1)c1cccc2c1-c1ccccc1C2(C)C.CN(c1ccccc1)c1ccc(N(c2ccccc2)c2ccccc2)cc1. The number of rotatable bonds is 18. The normalized spacial score (nSPS) is 12.0. The molecule has 0 saturated heterocycles. The second-order valence-corrected chi connectivity index (χ2v) is 32.4. The van der Waals surface area contributed by atoms with Gasteiger partial charge in [0.2, 0.25) is 0 Å². The molecule has 600 valence electrons. The summed E-state index contributed by atoms with van der Waals surface area (Å²) in [6.45, 7) is 9.32. The molecule has 0 atom stereocenters. The lowest BCUT2D eigenvalue weighted by Crippen LogP contribution is -2.16. The molecule has 0 saturated carbocycles. The van der Waals surface area contributed by atoms with Crippen molar-refractivity contribution in [1.82, 2.24) is 0 Å². The summed E-state index contributed by atoms with van der Waals surface area (Å²) in [7, 11) is 8.53. The molecule has 0 radical (unpaired) electrons. The highest BCUT2D eigenvalue weighted by Gasteiger charge is 2.38. The van der Waals surface area contributed by atoms with E-state index in [-0.39, 0.29) is 10.8 Å². The maximum absolute atomic E-state index is 2.36. The van der Waals surface area contributed by atoms with Crippen LogP contribution in [-0.2, 0) is 10.8 Å². The number of nitrogens with zero attached hydrogens (tertiary/aromatic N) is 7. The van der Waals surface area contributed by atoms with Crippen molar-refractivity contribution in [2.75, 3.05) is 62.5 Å². The Kier molecular flexibility index (Phi) is 23.6. The van der Waals surface area contributed by atoms with Gasteiger partial charge in [0, 0.05) is 141 Å². The Balaban J connectivity index is 0.000000117. The minimum absolute atomic E-state index is 0.00149. The van der Waals surface area contributed by atoms with Crippen molar-refractivity contribution >= 4 is 107 Å². The Labute approximate surface area is 726 Å². The zero-order chi connectivity index (χ0) is 84.2. The van der Waals surface area contributed by atoms with Gasteiger partial charge in [0.25, 0.3) is 0 Å². The van der Waals surface area contributed by atoms with Gasteiger partial charge in [-0.1, -0.05) is 295 Å². The molecule has 123 heavy (non-hydrogen) atoms. The Bertz CT molecular complexity index is 6400. The topological polar surface area (TPSA) is 22.7 Å². The van der Waals surface area contributed by atoms with E-state index in [0.717, 1.165) is 73.9 Å². The molecule has 0 aliphatic heterocycles. The average Bonchev–Trinajstić information content (AvgIpc) is 1.58.